The van der Waals surface area contributed by atoms with Crippen LogP contribution in [0.25, 0.3) is 0 Å². The van der Waals surface area contributed by atoms with Gasteiger partial charge in [0.05, 0.1) is 0 Å². The van der Waals surface area contributed by atoms with E-state index in [9.17, 15) is 8.42 Å². The van der Waals surface area contributed by atoms with Crippen LogP contribution in [0.5, 0.6) is 0 Å². The Hall–Kier alpha value is 0.160. The molecule has 1 rings (SSSR count). The van der Waals surface area contributed by atoms with Gasteiger partial charge in [-0.1, -0.05) is 0 Å². The molecule has 0 saturated carbocycles. The van der Waals surface area contributed by atoms with E-state index in [2.05, 4.69) is 4.72 Å². The lowest BCUT2D eigenvalue weighted by Gasteiger charge is -2.31. The third-order valence-electron chi connectivity index (χ3n) is 2.42. The van der Waals surface area contributed by atoms with E-state index in [1.54, 1.807) is 0 Å². The molecule has 0 aromatic carbocycles. The van der Waals surface area contributed by atoms with Gasteiger partial charge in [0.25, 0.3) is 10.2 Å². The number of hydrogen-bond acceptors (Lipinski definition) is 2. The first-order valence-electron chi connectivity index (χ1n) is 5.29. The molecule has 90 valence electrons. The lowest BCUT2D eigenvalue weighted by Crippen LogP contribution is -2.48. The quantitative estimate of drug-likeness (QED) is 0.766. The maximum atomic E-state index is 11.8. The SMILES string of the molecule is CC(C)NS(=O)(=O)N1CCCC(CCl)C1. The smallest absolute Gasteiger partial charge is 0.200 e. The minimum Gasteiger partial charge on any atom is -0.200 e. The van der Waals surface area contributed by atoms with Crippen LogP contribution in [0, 0.1) is 5.92 Å². The minimum atomic E-state index is -3.30. The number of alkyl halides is 1. The van der Waals surface area contributed by atoms with Crippen molar-refractivity contribution in [1.29, 1.82) is 0 Å². The molecule has 1 aliphatic rings. The van der Waals surface area contributed by atoms with Gasteiger partial charge in [-0.15, -0.1) is 11.6 Å². The average molecular weight is 255 g/mol. The Morgan fingerprint density at radius 3 is 2.73 bits per heavy atom. The van der Waals surface area contributed by atoms with Crippen LogP contribution in [0.4, 0.5) is 0 Å². The molecule has 1 unspecified atom stereocenters. The largest absolute Gasteiger partial charge is 0.279 e. The molecule has 1 saturated heterocycles. The fourth-order valence-corrected chi connectivity index (χ4v) is 3.52. The lowest BCUT2D eigenvalue weighted by molar-refractivity contribution is 0.279. The second kappa shape index (κ2) is 5.48. The summed E-state index contributed by atoms with van der Waals surface area (Å²) in [5, 5.41) is 0. The predicted octanol–water partition coefficient (Wildman–Crippen LogP) is 1.18. The van der Waals surface area contributed by atoms with E-state index in [0.29, 0.717) is 24.9 Å². The highest BCUT2D eigenvalue weighted by Gasteiger charge is 2.28. The van der Waals surface area contributed by atoms with Crippen molar-refractivity contribution in [2.75, 3.05) is 19.0 Å². The molecule has 6 heteroatoms. The number of rotatable bonds is 4. The standard InChI is InChI=1S/C9H19ClN2O2S/c1-8(2)11-15(13,14)12-5-3-4-9(6-10)7-12/h8-9,11H,3-7H2,1-2H3. The molecule has 4 nitrogen and oxygen atoms in total. The molecule has 15 heavy (non-hydrogen) atoms. The zero-order chi connectivity index (χ0) is 11.5. The van der Waals surface area contributed by atoms with Crippen LogP contribution < -0.4 is 4.72 Å². The van der Waals surface area contributed by atoms with E-state index in [1.807, 2.05) is 13.8 Å². The second-order valence-electron chi connectivity index (χ2n) is 4.30. The summed E-state index contributed by atoms with van der Waals surface area (Å²) in [7, 11) is -3.30. The highest BCUT2D eigenvalue weighted by atomic mass is 35.5. The molecule has 0 amide bonds. The highest BCUT2D eigenvalue weighted by Crippen LogP contribution is 2.19. The van der Waals surface area contributed by atoms with Crippen molar-refractivity contribution in [3.05, 3.63) is 0 Å². The summed E-state index contributed by atoms with van der Waals surface area (Å²) in [6.07, 6.45) is 1.92. The molecule has 0 bridgehead atoms. The van der Waals surface area contributed by atoms with Crippen molar-refractivity contribution in [2.45, 2.75) is 32.7 Å². The summed E-state index contributed by atoms with van der Waals surface area (Å²) < 4.78 is 27.8. The van der Waals surface area contributed by atoms with Gasteiger partial charge in [-0.25, -0.2) is 0 Å². The average Bonchev–Trinajstić information content (AvgIpc) is 2.16. The molecule has 0 aromatic rings. The van der Waals surface area contributed by atoms with Crippen LogP contribution >= 0.6 is 11.6 Å². The van der Waals surface area contributed by atoms with Crippen molar-refractivity contribution >= 4 is 21.8 Å². The van der Waals surface area contributed by atoms with Crippen molar-refractivity contribution in [2.24, 2.45) is 5.92 Å². The molecule has 1 heterocycles. The summed E-state index contributed by atoms with van der Waals surface area (Å²) in [5.41, 5.74) is 0. The van der Waals surface area contributed by atoms with Gasteiger partial charge in [-0.3, -0.25) is 0 Å². The van der Waals surface area contributed by atoms with Crippen LogP contribution in [0.2, 0.25) is 0 Å². The number of nitrogens with zero attached hydrogens (tertiary/aromatic N) is 1. The number of nitrogens with one attached hydrogen (secondary N) is 1. The highest BCUT2D eigenvalue weighted by molar-refractivity contribution is 7.87. The summed E-state index contributed by atoms with van der Waals surface area (Å²) >= 11 is 5.76. The van der Waals surface area contributed by atoms with Gasteiger partial charge in [0.15, 0.2) is 0 Å². The Balaban J connectivity index is 2.62. The fourth-order valence-electron chi connectivity index (χ4n) is 1.74. The topological polar surface area (TPSA) is 49.4 Å². The van der Waals surface area contributed by atoms with E-state index in [0.717, 1.165) is 12.8 Å². The minimum absolute atomic E-state index is 0.0635. The Morgan fingerprint density at radius 1 is 1.53 bits per heavy atom. The third-order valence-corrected chi connectivity index (χ3v) is 4.64. The number of halogens is 1. The van der Waals surface area contributed by atoms with Crippen molar-refractivity contribution in [1.82, 2.24) is 9.03 Å². The van der Waals surface area contributed by atoms with Crippen molar-refractivity contribution in [3.63, 3.8) is 0 Å². The number of piperidine rings is 1. The Morgan fingerprint density at radius 2 is 2.20 bits per heavy atom. The van der Waals surface area contributed by atoms with Gasteiger partial charge in [0, 0.05) is 25.0 Å². The summed E-state index contributed by atoms with van der Waals surface area (Å²) in [6, 6.07) is -0.0635. The molecule has 1 fully saturated rings. The Bertz CT molecular complexity index is 292. The van der Waals surface area contributed by atoms with Crippen LogP contribution in [0.15, 0.2) is 0 Å². The van der Waals surface area contributed by atoms with Gasteiger partial charge in [-0.2, -0.15) is 17.4 Å². The second-order valence-corrected chi connectivity index (χ2v) is 6.31. The van der Waals surface area contributed by atoms with Crippen molar-refractivity contribution in [3.8, 4) is 0 Å². The van der Waals surface area contributed by atoms with E-state index in [4.69, 9.17) is 11.6 Å². The van der Waals surface area contributed by atoms with Gasteiger partial charge in [0.1, 0.15) is 0 Å². The van der Waals surface area contributed by atoms with Gasteiger partial charge < -0.3 is 0 Å². The van der Waals surface area contributed by atoms with E-state index >= 15 is 0 Å². The molecule has 1 N–H and O–H groups in total. The van der Waals surface area contributed by atoms with E-state index in [-0.39, 0.29) is 6.04 Å². The summed E-state index contributed by atoms with van der Waals surface area (Å²) in [5.74, 6) is 0.831. The van der Waals surface area contributed by atoms with E-state index in [1.165, 1.54) is 4.31 Å². The zero-order valence-corrected chi connectivity index (χ0v) is 10.8. The van der Waals surface area contributed by atoms with Crippen molar-refractivity contribution < 1.29 is 8.42 Å². The predicted molar refractivity (Wildman–Crippen MR) is 62.2 cm³/mol. The van der Waals surface area contributed by atoms with Gasteiger partial charge in [0.2, 0.25) is 0 Å². The molecular formula is C9H19ClN2O2S. The maximum absolute atomic E-state index is 11.8. The molecule has 1 aliphatic heterocycles. The Labute approximate surface area is 97.2 Å². The summed E-state index contributed by atoms with van der Waals surface area (Å²) in [4.78, 5) is 0. The van der Waals surface area contributed by atoms with Crippen LogP contribution in [0.3, 0.4) is 0 Å². The number of hydrogen-bond donors (Lipinski definition) is 1. The molecule has 0 aromatic heterocycles. The first kappa shape index (κ1) is 13.2. The van der Waals surface area contributed by atoms with Crippen LogP contribution in [0.1, 0.15) is 26.7 Å². The fraction of sp³-hybridized carbons (Fsp3) is 1.00. The third kappa shape index (κ3) is 3.90. The summed E-state index contributed by atoms with van der Waals surface area (Å²) in [6.45, 7) is 4.79. The molecule has 0 spiro atoms. The first-order valence-corrected chi connectivity index (χ1v) is 7.26. The molecular weight excluding hydrogens is 236 g/mol. The monoisotopic (exact) mass is 254 g/mol. The van der Waals surface area contributed by atoms with Crippen LogP contribution in [-0.4, -0.2) is 37.7 Å². The maximum Gasteiger partial charge on any atom is 0.279 e. The van der Waals surface area contributed by atoms with Gasteiger partial charge >= 0.3 is 0 Å². The normalized spacial score (nSPS) is 24.7. The lowest BCUT2D eigenvalue weighted by atomic mass is 10.0. The molecule has 1 atom stereocenters. The van der Waals surface area contributed by atoms with Crippen LogP contribution in [-0.2, 0) is 10.2 Å². The van der Waals surface area contributed by atoms with Gasteiger partial charge in [-0.05, 0) is 32.6 Å². The van der Waals surface area contributed by atoms with E-state index < -0.39 is 10.2 Å². The molecule has 0 aliphatic carbocycles. The zero-order valence-electron chi connectivity index (χ0n) is 9.24. The first-order chi connectivity index (χ1) is 6.95. The Kier molecular flexibility index (Phi) is 4.83. The molecule has 0 radical (unpaired) electrons.